The minimum atomic E-state index is -1.05. The average Bonchev–Trinajstić information content (AvgIpc) is 2.20. The number of benzene rings is 1. The van der Waals surface area contributed by atoms with Crippen molar-refractivity contribution in [3.63, 3.8) is 0 Å². The fourth-order valence-electron chi connectivity index (χ4n) is 1.05. The third-order valence-corrected chi connectivity index (χ3v) is 1.99. The topological polar surface area (TPSA) is 46.5 Å². The first kappa shape index (κ1) is 11.6. The molecule has 0 spiro atoms. The Morgan fingerprint density at radius 3 is 2.93 bits per heavy atom. The van der Waals surface area contributed by atoms with E-state index in [9.17, 15) is 4.79 Å². The van der Waals surface area contributed by atoms with Crippen LogP contribution in [0.3, 0.4) is 0 Å². The summed E-state index contributed by atoms with van der Waals surface area (Å²) in [5, 5.41) is 9.27. The molecule has 0 heterocycles. The zero-order valence-corrected chi connectivity index (χ0v) is 8.83. The second kappa shape index (κ2) is 5.41. The summed E-state index contributed by atoms with van der Waals surface area (Å²) >= 11 is 5.69. The second-order valence-corrected chi connectivity index (χ2v) is 3.31. The van der Waals surface area contributed by atoms with Crippen molar-refractivity contribution < 1.29 is 14.6 Å². The van der Waals surface area contributed by atoms with Gasteiger partial charge < -0.3 is 9.84 Å². The number of aromatic carboxylic acids is 1. The van der Waals surface area contributed by atoms with E-state index < -0.39 is 5.97 Å². The highest BCUT2D eigenvalue weighted by Gasteiger charge is 2.11. The van der Waals surface area contributed by atoms with Crippen LogP contribution in [0.25, 0.3) is 0 Å². The smallest absolute Gasteiger partial charge is 0.339 e. The molecule has 0 amide bonds. The van der Waals surface area contributed by atoms with Gasteiger partial charge in [0.2, 0.25) is 0 Å². The van der Waals surface area contributed by atoms with Crippen molar-refractivity contribution in [2.24, 2.45) is 0 Å². The van der Waals surface area contributed by atoms with Gasteiger partial charge >= 0.3 is 5.97 Å². The van der Waals surface area contributed by atoms with Crippen LogP contribution in [0.5, 0.6) is 5.75 Å². The molecule has 0 aliphatic carbocycles. The van der Waals surface area contributed by atoms with Crippen molar-refractivity contribution in [2.75, 3.05) is 6.61 Å². The normalized spacial score (nSPS) is 9.67. The molecule has 0 bridgehead atoms. The summed E-state index contributed by atoms with van der Waals surface area (Å²) < 4.78 is 5.28. The molecule has 0 fully saturated rings. The molecule has 0 aliphatic rings. The molecule has 0 radical (unpaired) electrons. The summed E-state index contributed by atoms with van der Waals surface area (Å²) in [5.74, 6) is -0.722. The molecule has 15 heavy (non-hydrogen) atoms. The minimum Gasteiger partial charge on any atom is -0.492 e. The summed E-state index contributed by atoms with van der Waals surface area (Å²) in [6.45, 7) is 3.95. The van der Waals surface area contributed by atoms with Crippen molar-refractivity contribution in [2.45, 2.75) is 6.42 Å². The number of halogens is 1. The standard InChI is InChI=1S/C11H11ClO3/c1-2-3-6-15-10-5-4-8(12)7-9(10)11(13)14/h2,4-5,7H,1,3,6H2,(H,13,14). The van der Waals surface area contributed by atoms with Crippen LogP contribution in [0.15, 0.2) is 30.9 Å². The number of carboxylic acid groups (broad SMARTS) is 1. The van der Waals surface area contributed by atoms with E-state index in [1.165, 1.54) is 6.07 Å². The van der Waals surface area contributed by atoms with E-state index in [2.05, 4.69) is 6.58 Å². The predicted octanol–water partition coefficient (Wildman–Crippen LogP) is 2.99. The molecule has 4 heteroatoms. The van der Waals surface area contributed by atoms with Crippen LogP contribution in [0.1, 0.15) is 16.8 Å². The van der Waals surface area contributed by atoms with Crippen molar-refractivity contribution in [3.8, 4) is 5.75 Å². The first-order valence-corrected chi connectivity index (χ1v) is 4.79. The lowest BCUT2D eigenvalue weighted by Gasteiger charge is -2.07. The summed E-state index contributed by atoms with van der Waals surface area (Å²) in [6.07, 6.45) is 2.37. The molecule has 0 atom stereocenters. The van der Waals surface area contributed by atoms with Gasteiger partial charge in [0.1, 0.15) is 11.3 Å². The highest BCUT2D eigenvalue weighted by molar-refractivity contribution is 6.31. The molecule has 0 unspecified atom stereocenters. The van der Waals surface area contributed by atoms with Crippen molar-refractivity contribution in [3.05, 3.63) is 41.4 Å². The molecule has 1 rings (SSSR count). The molecule has 80 valence electrons. The molecule has 0 aliphatic heterocycles. The number of carbonyl (C=O) groups is 1. The van der Waals surface area contributed by atoms with Gasteiger partial charge in [-0.25, -0.2) is 4.79 Å². The van der Waals surface area contributed by atoms with Crippen LogP contribution < -0.4 is 4.74 Å². The zero-order chi connectivity index (χ0) is 11.3. The maximum absolute atomic E-state index is 10.8. The van der Waals surface area contributed by atoms with Gasteiger partial charge in [0.25, 0.3) is 0 Å². The van der Waals surface area contributed by atoms with Crippen molar-refractivity contribution in [1.82, 2.24) is 0 Å². The Bertz CT molecular complexity index is 374. The quantitative estimate of drug-likeness (QED) is 0.620. The van der Waals surface area contributed by atoms with Gasteiger partial charge in [-0.15, -0.1) is 6.58 Å². The Balaban J connectivity index is 2.85. The number of rotatable bonds is 5. The van der Waals surface area contributed by atoms with Gasteiger partial charge in [0.15, 0.2) is 0 Å². The Hall–Kier alpha value is -1.48. The van der Waals surface area contributed by atoms with Crippen LogP contribution in [-0.2, 0) is 0 Å². The van der Waals surface area contributed by atoms with E-state index in [4.69, 9.17) is 21.4 Å². The molecular formula is C11H11ClO3. The van der Waals surface area contributed by atoms with Gasteiger partial charge in [-0.1, -0.05) is 17.7 Å². The highest BCUT2D eigenvalue weighted by Crippen LogP contribution is 2.22. The number of ether oxygens (including phenoxy) is 1. The number of carboxylic acids is 1. The van der Waals surface area contributed by atoms with E-state index in [0.29, 0.717) is 23.8 Å². The molecule has 0 saturated carbocycles. The first-order valence-electron chi connectivity index (χ1n) is 4.41. The Morgan fingerprint density at radius 2 is 2.33 bits per heavy atom. The number of hydrogen-bond acceptors (Lipinski definition) is 2. The molecule has 0 saturated heterocycles. The van der Waals surface area contributed by atoms with Crippen LogP contribution in [0, 0.1) is 0 Å². The lowest BCUT2D eigenvalue weighted by Crippen LogP contribution is -2.03. The van der Waals surface area contributed by atoms with E-state index in [-0.39, 0.29) is 5.56 Å². The fraction of sp³-hybridized carbons (Fsp3) is 0.182. The summed E-state index contributed by atoms with van der Waals surface area (Å²) in [7, 11) is 0. The van der Waals surface area contributed by atoms with Gasteiger partial charge in [-0.05, 0) is 24.6 Å². The van der Waals surface area contributed by atoms with Crippen molar-refractivity contribution in [1.29, 1.82) is 0 Å². The lowest BCUT2D eigenvalue weighted by molar-refractivity contribution is 0.0692. The second-order valence-electron chi connectivity index (χ2n) is 2.87. The monoisotopic (exact) mass is 226 g/mol. The maximum atomic E-state index is 10.8. The molecule has 3 nitrogen and oxygen atoms in total. The van der Waals surface area contributed by atoms with Gasteiger partial charge in [-0.2, -0.15) is 0 Å². The van der Waals surface area contributed by atoms with E-state index in [1.807, 2.05) is 0 Å². The highest BCUT2D eigenvalue weighted by atomic mass is 35.5. The fourth-order valence-corrected chi connectivity index (χ4v) is 1.22. The van der Waals surface area contributed by atoms with Crippen molar-refractivity contribution >= 4 is 17.6 Å². The Morgan fingerprint density at radius 1 is 1.60 bits per heavy atom. The molecule has 0 aromatic heterocycles. The third kappa shape index (κ3) is 3.29. The van der Waals surface area contributed by atoms with Crippen LogP contribution in [0.2, 0.25) is 5.02 Å². The summed E-state index contributed by atoms with van der Waals surface area (Å²) in [4.78, 5) is 10.8. The van der Waals surface area contributed by atoms with E-state index in [1.54, 1.807) is 18.2 Å². The lowest BCUT2D eigenvalue weighted by atomic mass is 10.2. The number of hydrogen-bond donors (Lipinski definition) is 1. The molecule has 1 N–H and O–H groups in total. The van der Waals surface area contributed by atoms with Gasteiger partial charge in [-0.3, -0.25) is 0 Å². The Kier molecular flexibility index (Phi) is 4.18. The predicted molar refractivity (Wildman–Crippen MR) is 58.7 cm³/mol. The van der Waals surface area contributed by atoms with Gasteiger partial charge in [0.05, 0.1) is 6.61 Å². The summed E-state index contributed by atoms with van der Waals surface area (Å²) in [5.41, 5.74) is 0.0755. The average molecular weight is 227 g/mol. The van der Waals surface area contributed by atoms with Crippen LogP contribution in [-0.4, -0.2) is 17.7 Å². The molecule has 1 aromatic rings. The SMILES string of the molecule is C=CCCOc1ccc(Cl)cc1C(=O)O. The third-order valence-electron chi connectivity index (χ3n) is 1.75. The van der Waals surface area contributed by atoms with E-state index >= 15 is 0 Å². The largest absolute Gasteiger partial charge is 0.492 e. The van der Waals surface area contributed by atoms with E-state index in [0.717, 1.165) is 0 Å². The zero-order valence-electron chi connectivity index (χ0n) is 8.07. The molecular weight excluding hydrogens is 216 g/mol. The Labute approximate surface area is 92.9 Å². The summed E-state index contributed by atoms with van der Waals surface area (Å²) in [6, 6.07) is 4.51. The maximum Gasteiger partial charge on any atom is 0.339 e. The van der Waals surface area contributed by atoms with Crippen LogP contribution in [0.4, 0.5) is 0 Å². The van der Waals surface area contributed by atoms with Crippen LogP contribution >= 0.6 is 11.6 Å². The first-order chi connectivity index (χ1) is 7.15. The molecule has 1 aromatic carbocycles. The minimum absolute atomic E-state index is 0.0755. The van der Waals surface area contributed by atoms with Gasteiger partial charge in [0, 0.05) is 5.02 Å².